The maximum absolute atomic E-state index is 12.3. The van der Waals surface area contributed by atoms with E-state index < -0.39 is 0 Å². The molecule has 23 heavy (non-hydrogen) atoms. The largest absolute Gasteiger partial charge is 0.464 e. The minimum atomic E-state index is -0.128. The number of hydrogen-bond donors (Lipinski definition) is 1. The SMILES string of the molecule is N[C@H]1CCC[C@H]1C(=O)OCC1c2ccccc2-c2ccccc21. The highest BCUT2D eigenvalue weighted by Gasteiger charge is 2.34. The number of nitrogens with two attached hydrogens (primary N) is 1. The maximum Gasteiger partial charge on any atom is 0.310 e. The second-order valence-corrected chi connectivity index (χ2v) is 6.56. The summed E-state index contributed by atoms with van der Waals surface area (Å²) in [7, 11) is 0. The normalized spacial score (nSPS) is 22.7. The van der Waals surface area contributed by atoms with Gasteiger partial charge >= 0.3 is 5.97 Å². The molecule has 0 amide bonds. The fraction of sp³-hybridized carbons (Fsp3) is 0.350. The molecular formula is C20H21NO2. The molecule has 0 spiro atoms. The second kappa shape index (κ2) is 5.82. The van der Waals surface area contributed by atoms with Gasteiger partial charge in [-0.15, -0.1) is 0 Å². The summed E-state index contributed by atoms with van der Waals surface area (Å²) >= 11 is 0. The molecule has 2 aliphatic carbocycles. The summed E-state index contributed by atoms with van der Waals surface area (Å²) in [5.41, 5.74) is 11.0. The Morgan fingerprint density at radius 2 is 1.61 bits per heavy atom. The molecule has 2 aliphatic rings. The van der Waals surface area contributed by atoms with Crippen molar-refractivity contribution < 1.29 is 9.53 Å². The van der Waals surface area contributed by atoms with E-state index in [1.807, 2.05) is 12.1 Å². The molecule has 3 heteroatoms. The van der Waals surface area contributed by atoms with Gasteiger partial charge in [0.05, 0.1) is 5.92 Å². The van der Waals surface area contributed by atoms with Crippen LogP contribution in [0.5, 0.6) is 0 Å². The van der Waals surface area contributed by atoms with Crippen LogP contribution in [0.4, 0.5) is 0 Å². The van der Waals surface area contributed by atoms with Gasteiger partial charge in [-0.3, -0.25) is 4.79 Å². The predicted octanol–water partition coefficient (Wildman–Crippen LogP) is 3.47. The summed E-state index contributed by atoms with van der Waals surface area (Å²) in [6.07, 6.45) is 2.81. The van der Waals surface area contributed by atoms with E-state index in [0.717, 1.165) is 19.3 Å². The Labute approximate surface area is 136 Å². The van der Waals surface area contributed by atoms with Crippen molar-refractivity contribution >= 4 is 5.97 Å². The van der Waals surface area contributed by atoms with Gasteiger partial charge in [0.25, 0.3) is 0 Å². The number of carbonyl (C=O) groups excluding carboxylic acids is 1. The molecule has 0 unspecified atom stereocenters. The Bertz CT molecular complexity index is 694. The zero-order valence-electron chi connectivity index (χ0n) is 13.1. The highest BCUT2D eigenvalue weighted by molar-refractivity contribution is 5.79. The number of rotatable bonds is 3. The van der Waals surface area contributed by atoms with E-state index in [4.69, 9.17) is 10.5 Å². The van der Waals surface area contributed by atoms with Crippen LogP contribution in [0.25, 0.3) is 11.1 Å². The highest BCUT2D eigenvalue weighted by Crippen LogP contribution is 2.44. The first kappa shape index (κ1) is 14.5. The molecule has 0 bridgehead atoms. The zero-order chi connectivity index (χ0) is 15.8. The third-order valence-corrected chi connectivity index (χ3v) is 5.23. The van der Waals surface area contributed by atoms with Crippen LogP contribution in [0.1, 0.15) is 36.3 Å². The summed E-state index contributed by atoms with van der Waals surface area (Å²) in [4.78, 5) is 12.3. The standard InChI is InChI=1S/C20H21NO2/c21-19-11-5-10-17(19)20(22)23-12-18-15-8-3-1-6-13(15)14-7-2-4-9-16(14)18/h1-4,6-9,17-19H,5,10-12,21H2/t17-,19+/m1/s1. The van der Waals surface area contributed by atoms with Gasteiger partial charge in [-0.05, 0) is 35.1 Å². The van der Waals surface area contributed by atoms with E-state index in [-0.39, 0.29) is 23.8 Å². The molecule has 0 aromatic heterocycles. The lowest BCUT2D eigenvalue weighted by molar-refractivity contribution is -0.149. The van der Waals surface area contributed by atoms with Crippen molar-refractivity contribution in [2.45, 2.75) is 31.2 Å². The van der Waals surface area contributed by atoms with E-state index in [9.17, 15) is 4.79 Å². The van der Waals surface area contributed by atoms with E-state index in [1.165, 1.54) is 22.3 Å². The molecule has 0 saturated heterocycles. The fourth-order valence-electron chi connectivity index (χ4n) is 3.99. The molecule has 4 rings (SSSR count). The van der Waals surface area contributed by atoms with Crippen LogP contribution in [0, 0.1) is 5.92 Å². The van der Waals surface area contributed by atoms with Gasteiger partial charge in [0.1, 0.15) is 6.61 Å². The van der Waals surface area contributed by atoms with Crippen molar-refractivity contribution in [1.82, 2.24) is 0 Å². The van der Waals surface area contributed by atoms with Gasteiger partial charge in [-0.25, -0.2) is 0 Å². The predicted molar refractivity (Wildman–Crippen MR) is 90.0 cm³/mol. The zero-order valence-corrected chi connectivity index (χ0v) is 13.1. The van der Waals surface area contributed by atoms with Crippen LogP contribution >= 0.6 is 0 Å². The lowest BCUT2D eigenvalue weighted by Crippen LogP contribution is -2.32. The van der Waals surface area contributed by atoms with Gasteiger partial charge in [0, 0.05) is 12.0 Å². The summed E-state index contributed by atoms with van der Waals surface area (Å²) in [5.74, 6) is -0.122. The van der Waals surface area contributed by atoms with Crippen LogP contribution in [-0.2, 0) is 9.53 Å². The third-order valence-electron chi connectivity index (χ3n) is 5.23. The first-order valence-corrected chi connectivity index (χ1v) is 8.36. The van der Waals surface area contributed by atoms with Crippen molar-refractivity contribution in [3.63, 3.8) is 0 Å². The van der Waals surface area contributed by atoms with Crippen LogP contribution in [-0.4, -0.2) is 18.6 Å². The number of hydrogen-bond acceptors (Lipinski definition) is 3. The van der Waals surface area contributed by atoms with Crippen molar-refractivity contribution in [3.8, 4) is 11.1 Å². The van der Waals surface area contributed by atoms with Crippen molar-refractivity contribution in [1.29, 1.82) is 0 Å². The lowest BCUT2D eigenvalue weighted by atomic mass is 9.98. The average Bonchev–Trinajstić information content (AvgIpc) is 3.14. The Morgan fingerprint density at radius 3 is 2.17 bits per heavy atom. The van der Waals surface area contributed by atoms with Crippen LogP contribution < -0.4 is 5.73 Å². The van der Waals surface area contributed by atoms with E-state index in [0.29, 0.717) is 6.61 Å². The third kappa shape index (κ3) is 2.45. The van der Waals surface area contributed by atoms with Crippen LogP contribution in [0.2, 0.25) is 0 Å². The van der Waals surface area contributed by atoms with Crippen molar-refractivity contribution in [2.24, 2.45) is 11.7 Å². The van der Waals surface area contributed by atoms with Crippen molar-refractivity contribution in [3.05, 3.63) is 59.7 Å². The number of fused-ring (bicyclic) bond motifs is 3. The smallest absolute Gasteiger partial charge is 0.310 e. The fourth-order valence-corrected chi connectivity index (χ4v) is 3.99. The quantitative estimate of drug-likeness (QED) is 0.883. The minimum Gasteiger partial charge on any atom is -0.464 e. The summed E-state index contributed by atoms with van der Waals surface area (Å²) < 4.78 is 5.68. The maximum atomic E-state index is 12.3. The Hall–Kier alpha value is -2.13. The van der Waals surface area contributed by atoms with Gasteiger partial charge in [-0.1, -0.05) is 55.0 Å². The molecule has 0 radical (unpaired) electrons. The second-order valence-electron chi connectivity index (χ2n) is 6.56. The number of esters is 1. The number of ether oxygens (including phenoxy) is 1. The molecule has 2 aromatic carbocycles. The van der Waals surface area contributed by atoms with Gasteiger partial charge in [0.15, 0.2) is 0 Å². The van der Waals surface area contributed by atoms with Gasteiger partial charge in [-0.2, -0.15) is 0 Å². The molecule has 2 atom stereocenters. The molecule has 1 saturated carbocycles. The molecule has 1 fully saturated rings. The monoisotopic (exact) mass is 307 g/mol. The highest BCUT2D eigenvalue weighted by atomic mass is 16.5. The van der Waals surface area contributed by atoms with Crippen LogP contribution in [0.15, 0.2) is 48.5 Å². The molecule has 0 heterocycles. The Balaban J connectivity index is 1.56. The topological polar surface area (TPSA) is 52.3 Å². The number of carbonyl (C=O) groups is 1. The average molecular weight is 307 g/mol. The first-order chi connectivity index (χ1) is 11.3. The number of benzene rings is 2. The first-order valence-electron chi connectivity index (χ1n) is 8.36. The molecule has 3 nitrogen and oxygen atoms in total. The van der Waals surface area contributed by atoms with E-state index >= 15 is 0 Å². The molecule has 2 aromatic rings. The summed E-state index contributed by atoms with van der Waals surface area (Å²) in [6, 6.07) is 16.7. The Morgan fingerprint density at radius 1 is 1.00 bits per heavy atom. The van der Waals surface area contributed by atoms with Gasteiger partial charge in [0.2, 0.25) is 0 Å². The van der Waals surface area contributed by atoms with E-state index in [1.54, 1.807) is 0 Å². The molecule has 2 N–H and O–H groups in total. The van der Waals surface area contributed by atoms with Crippen molar-refractivity contribution in [2.75, 3.05) is 6.61 Å². The summed E-state index contributed by atoms with van der Waals surface area (Å²) in [5, 5.41) is 0. The van der Waals surface area contributed by atoms with Gasteiger partial charge < -0.3 is 10.5 Å². The molecular weight excluding hydrogens is 286 g/mol. The Kier molecular flexibility index (Phi) is 3.66. The minimum absolute atomic E-state index is 0.0364. The lowest BCUT2D eigenvalue weighted by Gasteiger charge is -2.18. The molecule has 118 valence electrons. The summed E-state index contributed by atoms with van der Waals surface area (Å²) in [6.45, 7) is 0.399. The molecule has 0 aliphatic heterocycles. The van der Waals surface area contributed by atoms with Crippen LogP contribution in [0.3, 0.4) is 0 Å². The van der Waals surface area contributed by atoms with E-state index in [2.05, 4.69) is 36.4 Å².